The molecule has 0 saturated carbocycles. The smallest absolute Gasteiger partial charge is 0.303 e. The molecule has 5 heteroatoms. The fourth-order valence-electron chi connectivity index (χ4n) is 3.57. The van der Waals surface area contributed by atoms with E-state index in [4.69, 9.17) is 5.11 Å². The van der Waals surface area contributed by atoms with Gasteiger partial charge in [-0.05, 0) is 32.1 Å². The first-order chi connectivity index (χ1) is 12.1. The minimum atomic E-state index is -0.723. The van der Waals surface area contributed by atoms with Crippen molar-refractivity contribution in [2.75, 3.05) is 6.54 Å². The fraction of sp³-hybridized carbons (Fsp3) is 0.850. The van der Waals surface area contributed by atoms with Crippen LogP contribution in [-0.4, -0.2) is 40.3 Å². The highest BCUT2D eigenvalue weighted by Gasteiger charge is 2.31. The van der Waals surface area contributed by atoms with Gasteiger partial charge in [-0.3, -0.25) is 14.4 Å². The van der Waals surface area contributed by atoms with E-state index < -0.39 is 5.97 Å². The minimum absolute atomic E-state index is 0.211. The molecule has 1 heterocycles. The third kappa shape index (κ3) is 9.03. The Morgan fingerprint density at radius 1 is 0.920 bits per heavy atom. The van der Waals surface area contributed by atoms with Gasteiger partial charge in [-0.2, -0.15) is 0 Å². The van der Waals surface area contributed by atoms with E-state index >= 15 is 0 Å². The molecule has 1 aliphatic heterocycles. The molecule has 0 aliphatic carbocycles. The molecule has 1 N–H and O–H groups in total. The molecule has 0 spiro atoms. The number of carbonyl (C=O) groups excluding carboxylic acids is 2. The Hall–Kier alpha value is -1.39. The summed E-state index contributed by atoms with van der Waals surface area (Å²) in [5, 5.41) is 8.60. The predicted octanol–water partition coefficient (Wildman–Crippen LogP) is 4.33. The quantitative estimate of drug-likeness (QED) is 0.372. The van der Waals surface area contributed by atoms with Crippen LogP contribution in [0.3, 0.4) is 0 Å². The van der Waals surface area contributed by atoms with E-state index in [2.05, 4.69) is 6.92 Å². The van der Waals surface area contributed by atoms with Gasteiger partial charge in [0.25, 0.3) is 5.91 Å². The van der Waals surface area contributed by atoms with Crippen LogP contribution in [0.4, 0.5) is 0 Å². The molecule has 5 nitrogen and oxygen atoms in total. The molecule has 0 aromatic carbocycles. The monoisotopic (exact) mass is 353 g/mol. The zero-order valence-electron chi connectivity index (χ0n) is 15.8. The molecule has 0 bridgehead atoms. The van der Waals surface area contributed by atoms with Gasteiger partial charge >= 0.3 is 5.97 Å². The van der Waals surface area contributed by atoms with Crippen LogP contribution in [0.5, 0.6) is 0 Å². The zero-order chi connectivity index (χ0) is 18.5. The highest BCUT2D eigenvalue weighted by Crippen LogP contribution is 2.23. The van der Waals surface area contributed by atoms with E-state index in [9.17, 15) is 14.4 Å². The summed E-state index contributed by atoms with van der Waals surface area (Å²) in [6, 6.07) is 0.228. The summed E-state index contributed by atoms with van der Waals surface area (Å²) < 4.78 is 0. The van der Waals surface area contributed by atoms with Gasteiger partial charge in [0.05, 0.1) is 0 Å². The summed E-state index contributed by atoms with van der Waals surface area (Å²) in [6.45, 7) is 2.86. The van der Waals surface area contributed by atoms with Crippen molar-refractivity contribution in [3.8, 4) is 0 Å². The van der Waals surface area contributed by atoms with E-state index in [1.807, 2.05) is 4.90 Å². The van der Waals surface area contributed by atoms with Crippen molar-refractivity contribution in [2.24, 2.45) is 0 Å². The Bertz CT molecular complexity index is 422. The highest BCUT2D eigenvalue weighted by molar-refractivity contribution is 6.36. The van der Waals surface area contributed by atoms with Crippen LogP contribution in [0.1, 0.15) is 96.8 Å². The zero-order valence-corrected chi connectivity index (χ0v) is 15.8. The molecular formula is C20H35NO4. The van der Waals surface area contributed by atoms with Gasteiger partial charge < -0.3 is 10.0 Å². The third-order valence-corrected chi connectivity index (χ3v) is 5.06. The molecule has 1 rings (SSSR count). The van der Waals surface area contributed by atoms with Crippen molar-refractivity contribution in [1.29, 1.82) is 0 Å². The number of amides is 1. The fourth-order valence-corrected chi connectivity index (χ4v) is 3.57. The van der Waals surface area contributed by atoms with Crippen LogP contribution in [-0.2, 0) is 14.4 Å². The predicted molar refractivity (Wildman–Crippen MR) is 98.5 cm³/mol. The number of rotatable bonds is 14. The largest absolute Gasteiger partial charge is 0.481 e. The maximum Gasteiger partial charge on any atom is 0.303 e. The van der Waals surface area contributed by atoms with E-state index in [-0.39, 0.29) is 24.2 Å². The first kappa shape index (κ1) is 21.7. The lowest BCUT2D eigenvalue weighted by molar-refractivity contribution is -0.145. The normalized spacial score (nSPS) is 17.0. The maximum absolute atomic E-state index is 12.4. The first-order valence-corrected chi connectivity index (χ1v) is 10.1. The van der Waals surface area contributed by atoms with Crippen LogP contribution < -0.4 is 0 Å². The summed E-state index contributed by atoms with van der Waals surface area (Å²) in [5.41, 5.74) is 0. The van der Waals surface area contributed by atoms with Gasteiger partial charge in [0.1, 0.15) is 0 Å². The number of hydrogen-bond acceptors (Lipinski definition) is 3. The van der Waals surface area contributed by atoms with Crippen molar-refractivity contribution < 1.29 is 19.5 Å². The van der Waals surface area contributed by atoms with Crippen molar-refractivity contribution in [1.82, 2.24) is 4.90 Å². The average molecular weight is 354 g/mol. The molecule has 0 aromatic heterocycles. The Morgan fingerprint density at radius 3 is 2.28 bits per heavy atom. The van der Waals surface area contributed by atoms with E-state index in [0.29, 0.717) is 6.42 Å². The summed E-state index contributed by atoms with van der Waals surface area (Å²) in [7, 11) is 0. The second-order valence-electron chi connectivity index (χ2n) is 7.23. The van der Waals surface area contributed by atoms with Gasteiger partial charge in [0.15, 0.2) is 0 Å². The standard InChI is InChI=1S/C20H35NO4/c1-2-3-4-9-14-18(22)20(25)21-16-11-13-17(21)12-8-6-5-7-10-15-19(23)24/h17H,2-16H2,1H3,(H,23,24)/t17-/m0/s1. The van der Waals surface area contributed by atoms with Crippen LogP contribution in [0.2, 0.25) is 0 Å². The highest BCUT2D eigenvalue weighted by atomic mass is 16.4. The number of aliphatic carboxylic acids is 1. The molecule has 0 unspecified atom stereocenters. The molecular weight excluding hydrogens is 318 g/mol. The van der Waals surface area contributed by atoms with Crippen molar-refractivity contribution in [3.05, 3.63) is 0 Å². The number of carbonyl (C=O) groups is 3. The third-order valence-electron chi connectivity index (χ3n) is 5.06. The Labute approximate surface area is 152 Å². The van der Waals surface area contributed by atoms with E-state index in [1.54, 1.807) is 0 Å². The molecule has 1 fully saturated rings. The number of likely N-dealkylation sites (tertiary alicyclic amines) is 1. The van der Waals surface area contributed by atoms with Gasteiger partial charge in [-0.15, -0.1) is 0 Å². The lowest BCUT2D eigenvalue weighted by Crippen LogP contribution is -2.40. The minimum Gasteiger partial charge on any atom is -0.481 e. The molecule has 1 amide bonds. The van der Waals surface area contributed by atoms with Crippen molar-refractivity contribution in [3.63, 3.8) is 0 Å². The van der Waals surface area contributed by atoms with Crippen LogP contribution in [0.15, 0.2) is 0 Å². The molecule has 1 saturated heterocycles. The number of ketones is 1. The molecule has 0 radical (unpaired) electrons. The lowest BCUT2D eigenvalue weighted by atomic mass is 10.0. The lowest BCUT2D eigenvalue weighted by Gasteiger charge is -2.24. The second-order valence-corrected chi connectivity index (χ2v) is 7.23. The van der Waals surface area contributed by atoms with Crippen molar-refractivity contribution in [2.45, 2.75) is 103 Å². The van der Waals surface area contributed by atoms with Gasteiger partial charge in [-0.1, -0.05) is 51.9 Å². The van der Waals surface area contributed by atoms with Crippen LogP contribution in [0, 0.1) is 0 Å². The molecule has 25 heavy (non-hydrogen) atoms. The van der Waals surface area contributed by atoms with E-state index in [1.165, 1.54) is 0 Å². The Morgan fingerprint density at radius 2 is 1.56 bits per heavy atom. The first-order valence-electron chi connectivity index (χ1n) is 10.1. The second kappa shape index (κ2) is 12.9. The van der Waals surface area contributed by atoms with E-state index in [0.717, 1.165) is 83.6 Å². The number of carboxylic acids is 1. The maximum atomic E-state index is 12.4. The summed E-state index contributed by atoms with van der Waals surface area (Å²) >= 11 is 0. The number of unbranched alkanes of at least 4 members (excludes halogenated alkanes) is 7. The molecule has 144 valence electrons. The van der Waals surface area contributed by atoms with Crippen molar-refractivity contribution >= 4 is 17.7 Å². The summed E-state index contributed by atoms with van der Waals surface area (Å²) in [6.07, 6.45) is 12.6. The Kier molecular flexibility index (Phi) is 11.2. The van der Waals surface area contributed by atoms with Gasteiger partial charge in [0, 0.05) is 25.4 Å². The Balaban J connectivity index is 2.20. The number of Topliss-reactive ketones (excluding diaryl/α,β-unsaturated/α-hetero) is 1. The number of nitrogens with zero attached hydrogens (tertiary/aromatic N) is 1. The van der Waals surface area contributed by atoms with Crippen LogP contribution >= 0.6 is 0 Å². The molecule has 1 atom stereocenters. The summed E-state index contributed by atoms with van der Waals surface area (Å²) in [4.78, 5) is 36.7. The topological polar surface area (TPSA) is 74.7 Å². The van der Waals surface area contributed by atoms with Gasteiger partial charge in [0.2, 0.25) is 5.78 Å². The number of carboxylic acid groups (broad SMARTS) is 1. The number of hydrogen-bond donors (Lipinski definition) is 1. The SMILES string of the molecule is CCCCCCC(=O)C(=O)N1CCC[C@@H]1CCCCCCCC(=O)O. The van der Waals surface area contributed by atoms with Crippen LogP contribution in [0.25, 0.3) is 0 Å². The van der Waals surface area contributed by atoms with Gasteiger partial charge in [-0.25, -0.2) is 0 Å². The summed E-state index contributed by atoms with van der Waals surface area (Å²) in [5.74, 6) is -1.20. The average Bonchev–Trinajstić information content (AvgIpc) is 3.05. The molecule has 1 aliphatic rings. The molecule has 0 aromatic rings.